The van der Waals surface area contributed by atoms with Crippen LogP contribution in [0.15, 0.2) is 24.3 Å². The summed E-state index contributed by atoms with van der Waals surface area (Å²) in [5.41, 5.74) is -0.0372. The number of carbonyl (C=O) groups is 3. The standard InChI is InChI=1S/C8H6O4.CH2O3.Na.H/c9-7(10)5-2-1-3-6(4-5)8(11)12;2-1(3)4;;/h1-4H,(H,9,10)(H,11,12);(H2,2,3,4);;. The molecule has 0 fully saturated rings. The molecule has 0 unspecified atom stereocenters. The summed E-state index contributed by atoms with van der Waals surface area (Å²) in [5.74, 6) is -2.25. The number of hydrogen-bond acceptors (Lipinski definition) is 3. The second-order valence-electron chi connectivity index (χ2n) is 2.47. The number of benzene rings is 1. The van der Waals surface area contributed by atoms with Crippen molar-refractivity contribution in [2.75, 3.05) is 0 Å². The van der Waals surface area contributed by atoms with Gasteiger partial charge in [0.05, 0.1) is 11.1 Å². The number of carboxylic acid groups (broad SMARTS) is 4. The van der Waals surface area contributed by atoms with Gasteiger partial charge in [-0.3, -0.25) is 0 Å². The number of hydrogen-bond donors (Lipinski definition) is 4. The first kappa shape index (κ1) is 17.8. The van der Waals surface area contributed by atoms with Crippen molar-refractivity contribution in [2.45, 2.75) is 0 Å². The Morgan fingerprint density at radius 3 is 1.35 bits per heavy atom. The van der Waals surface area contributed by atoms with Crippen LogP contribution in [0.2, 0.25) is 0 Å². The van der Waals surface area contributed by atoms with Crippen molar-refractivity contribution in [1.82, 2.24) is 0 Å². The summed E-state index contributed by atoms with van der Waals surface area (Å²) < 4.78 is 0. The van der Waals surface area contributed by atoms with Crippen LogP contribution >= 0.6 is 0 Å². The summed E-state index contributed by atoms with van der Waals surface area (Å²) >= 11 is 0. The molecule has 1 rings (SSSR count). The monoisotopic (exact) mass is 252 g/mol. The minimum atomic E-state index is -1.83. The number of aromatic carboxylic acids is 2. The van der Waals surface area contributed by atoms with Gasteiger partial charge in [-0.2, -0.15) is 0 Å². The van der Waals surface area contributed by atoms with Crippen LogP contribution in [-0.2, 0) is 0 Å². The first-order chi connectivity index (χ1) is 7.34. The quantitative estimate of drug-likeness (QED) is 0.568. The van der Waals surface area contributed by atoms with E-state index in [0.29, 0.717) is 0 Å². The molecule has 88 valence electrons. The van der Waals surface area contributed by atoms with Crippen molar-refractivity contribution in [3.05, 3.63) is 35.4 Å². The van der Waals surface area contributed by atoms with Crippen molar-refractivity contribution >= 4 is 47.7 Å². The molecule has 17 heavy (non-hydrogen) atoms. The summed E-state index contributed by atoms with van der Waals surface area (Å²) in [6.07, 6.45) is -1.83. The zero-order chi connectivity index (χ0) is 12.7. The van der Waals surface area contributed by atoms with Gasteiger partial charge < -0.3 is 20.4 Å². The topological polar surface area (TPSA) is 132 Å². The van der Waals surface area contributed by atoms with Crippen LogP contribution in [0.25, 0.3) is 0 Å². The molecule has 0 aliphatic heterocycles. The molecular weight excluding hydrogens is 243 g/mol. The second kappa shape index (κ2) is 8.57. The van der Waals surface area contributed by atoms with Crippen molar-refractivity contribution < 1.29 is 34.8 Å². The third-order valence-corrected chi connectivity index (χ3v) is 1.36. The van der Waals surface area contributed by atoms with Gasteiger partial charge in [0, 0.05) is 0 Å². The van der Waals surface area contributed by atoms with Crippen LogP contribution < -0.4 is 0 Å². The molecule has 0 aliphatic carbocycles. The summed E-state index contributed by atoms with van der Waals surface area (Å²) in [6.45, 7) is 0. The minimum absolute atomic E-state index is 0. The van der Waals surface area contributed by atoms with Crippen molar-refractivity contribution in [2.24, 2.45) is 0 Å². The van der Waals surface area contributed by atoms with Crippen LogP contribution in [-0.4, -0.2) is 68.1 Å². The van der Waals surface area contributed by atoms with Crippen molar-refractivity contribution in [1.29, 1.82) is 0 Å². The molecule has 0 amide bonds. The molecule has 7 nitrogen and oxygen atoms in total. The van der Waals surface area contributed by atoms with Gasteiger partial charge in [-0.15, -0.1) is 0 Å². The molecule has 4 N–H and O–H groups in total. The molecule has 0 atom stereocenters. The second-order valence-corrected chi connectivity index (χ2v) is 2.47. The molecular formula is C9H9NaO7. The Kier molecular flexibility index (Phi) is 8.98. The molecule has 0 heterocycles. The summed E-state index contributed by atoms with van der Waals surface area (Å²) in [7, 11) is 0. The molecule has 0 aliphatic rings. The Morgan fingerprint density at radius 2 is 1.12 bits per heavy atom. The third kappa shape index (κ3) is 8.26. The molecule has 0 bridgehead atoms. The molecule has 8 heteroatoms. The normalized spacial score (nSPS) is 8.00. The molecule has 0 spiro atoms. The van der Waals surface area contributed by atoms with Gasteiger partial charge >= 0.3 is 47.7 Å². The van der Waals surface area contributed by atoms with Gasteiger partial charge in [0.25, 0.3) is 0 Å². The number of carboxylic acids is 2. The van der Waals surface area contributed by atoms with Gasteiger partial charge in [0.2, 0.25) is 0 Å². The fraction of sp³-hybridized carbons (Fsp3) is 0. The van der Waals surface area contributed by atoms with Gasteiger partial charge in [0.15, 0.2) is 0 Å². The molecule has 0 aromatic heterocycles. The van der Waals surface area contributed by atoms with E-state index in [9.17, 15) is 9.59 Å². The fourth-order valence-corrected chi connectivity index (χ4v) is 0.785. The zero-order valence-corrected chi connectivity index (χ0v) is 7.82. The van der Waals surface area contributed by atoms with Gasteiger partial charge in [0.1, 0.15) is 0 Å². The number of rotatable bonds is 2. The van der Waals surface area contributed by atoms with Crippen LogP contribution in [0.1, 0.15) is 20.7 Å². The predicted molar refractivity (Wildman–Crippen MR) is 58.2 cm³/mol. The van der Waals surface area contributed by atoms with E-state index in [4.69, 9.17) is 25.2 Å². The van der Waals surface area contributed by atoms with Gasteiger partial charge in [-0.05, 0) is 18.2 Å². The Labute approximate surface area is 118 Å². The Bertz CT molecular complexity index is 382. The summed E-state index contributed by atoms with van der Waals surface area (Å²) in [6, 6.07) is 5.20. The first-order valence-electron chi connectivity index (χ1n) is 3.83. The SMILES string of the molecule is O=C(O)O.O=C(O)c1cccc(C(=O)O)c1.[NaH]. The van der Waals surface area contributed by atoms with Crippen molar-refractivity contribution in [3.63, 3.8) is 0 Å². The third-order valence-electron chi connectivity index (χ3n) is 1.36. The van der Waals surface area contributed by atoms with E-state index in [1.807, 2.05) is 0 Å². The van der Waals surface area contributed by atoms with E-state index >= 15 is 0 Å². The maximum absolute atomic E-state index is 10.4. The summed E-state index contributed by atoms with van der Waals surface area (Å²) in [5, 5.41) is 30.9. The Balaban J connectivity index is 0. The predicted octanol–water partition coefficient (Wildman–Crippen LogP) is 0.657. The molecule has 1 aromatic carbocycles. The molecule has 0 radical (unpaired) electrons. The van der Waals surface area contributed by atoms with E-state index in [-0.39, 0.29) is 40.7 Å². The van der Waals surface area contributed by atoms with E-state index in [1.54, 1.807) is 0 Å². The van der Waals surface area contributed by atoms with Crippen LogP contribution in [0.5, 0.6) is 0 Å². The summed E-state index contributed by atoms with van der Waals surface area (Å²) in [4.78, 5) is 29.3. The Hall–Kier alpha value is -1.57. The molecule has 0 saturated carbocycles. The molecule has 1 aromatic rings. The van der Waals surface area contributed by atoms with E-state index < -0.39 is 18.1 Å². The van der Waals surface area contributed by atoms with Crippen LogP contribution in [0.3, 0.4) is 0 Å². The zero-order valence-electron chi connectivity index (χ0n) is 7.82. The molecule has 0 saturated heterocycles. The van der Waals surface area contributed by atoms with Crippen molar-refractivity contribution in [3.8, 4) is 0 Å². The van der Waals surface area contributed by atoms with Gasteiger partial charge in [-0.25, -0.2) is 14.4 Å². The average molecular weight is 252 g/mol. The fourth-order valence-electron chi connectivity index (χ4n) is 0.785. The van der Waals surface area contributed by atoms with Crippen LogP contribution in [0.4, 0.5) is 4.79 Å². The van der Waals surface area contributed by atoms with E-state index in [1.165, 1.54) is 18.2 Å². The first-order valence-corrected chi connectivity index (χ1v) is 3.83. The maximum atomic E-state index is 10.4. The average Bonchev–Trinajstić information content (AvgIpc) is 2.17. The Morgan fingerprint density at radius 1 is 0.824 bits per heavy atom. The van der Waals surface area contributed by atoms with Gasteiger partial charge in [-0.1, -0.05) is 6.07 Å². The van der Waals surface area contributed by atoms with E-state index in [2.05, 4.69) is 0 Å². The van der Waals surface area contributed by atoms with Crippen LogP contribution in [0, 0.1) is 0 Å². The van der Waals surface area contributed by atoms with E-state index in [0.717, 1.165) is 6.07 Å².